The molecule has 9 heteroatoms. The maximum absolute atomic E-state index is 13.3. The molecule has 0 bridgehead atoms. The van der Waals surface area contributed by atoms with Gasteiger partial charge in [-0.2, -0.15) is 13.2 Å². The Morgan fingerprint density at radius 2 is 1.41 bits per heavy atom. The number of hydrogen-bond acceptors (Lipinski definition) is 0. The third-order valence-corrected chi connectivity index (χ3v) is 2.61. The van der Waals surface area contributed by atoms with Crippen LogP contribution in [0.25, 0.3) is 0 Å². The van der Waals surface area contributed by atoms with Crippen molar-refractivity contribution in [1.29, 1.82) is 0 Å². The van der Waals surface area contributed by atoms with Gasteiger partial charge in [0.1, 0.15) is 0 Å². The topological polar surface area (TPSA) is 0 Å². The van der Waals surface area contributed by atoms with Crippen molar-refractivity contribution < 1.29 is 22.0 Å². The van der Waals surface area contributed by atoms with Crippen molar-refractivity contribution in [3.05, 3.63) is 33.9 Å². The lowest BCUT2D eigenvalue weighted by Crippen LogP contribution is -2.14. The maximum atomic E-state index is 13.3. The molecule has 1 aromatic rings. The highest BCUT2D eigenvalue weighted by atomic mass is 35.6. The first-order valence-corrected chi connectivity index (χ1v) is 5.29. The summed E-state index contributed by atoms with van der Waals surface area (Å²) in [6, 6.07) is 0.164. The number of rotatable bonds is 0. The highest BCUT2D eigenvalue weighted by Gasteiger charge is 2.40. The Kier molecular flexibility index (Phi) is 4.09. The van der Waals surface area contributed by atoms with Crippen molar-refractivity contribution >= 4 is 46.4 Å². The van der Waals surface area contributed by atoms with Crippen LogP contribution in [-0.4, -0.2) is 0 Å². The van der Waals surface area contributed by atoms with Gasteiger partial charge in [0.2, 0.25) is 3.79 Å². The molecule has 0 radical (unpaired) electrons. The lowest BCUT2D eigenvalue weighted by molar-refractivity contribution is -0.140. The van der Waals surface area contributed by atoms with Crippen LogP contribution in [0.15, 0.2) is 6.07 Å². The molecule has 0 saturated heterocycles. The molecule has 0 saturated carbocycles. The Bertz CT molecular complexity index is 449. The van der Waals surface area contributed by atoms with Crippen LogP contribution in [0.4, 0.5) is 22.0 Å². The number of alkyl halides is 6. The molecule has 1 aromatic carbocycles. The lowest BCUT2D eigenvalue weighted by atomic mass is 10.1. The first-order chi connectivity index (χ1) is 7.46. The van der Waals surface area contributed by atoms with Crippen LogP contribution in [0.5, 0.6) is 0 Å². The normalized spacial score (nSPS) is 13.0. The molecule has 0 N–H and O–H groups in total. The third-order valence-electron chi connectivity index (χ3n) is 1.75. The molecule has 0 spiro atoms. The second-order valence-electron chi connectivity index (χ2n) is 2.90. The molecule has 17 heavy (non-hydrogen) atoms. The Labute approximate surface area is 112 Å². The van der Waals surface area contributed by atoms with Crippen LogP contribution < -0.4 is 0 Å². The number of benzene rings is 1. The van der Waals surface area contributed by atoms with Crippen molar-refractivity contribution in [2.24, 2.45) is 0 Å². The van der Waals surface area contributed by atoms with Gasteiger partial charge in [-0.1, -0.05) is 46.4 Å². The number of halogens is 9. The summed E-state index contributed by atoms with van der Waals surface area (Å²) in [6.07, 6.45) is -5.10. The molecular weight excluding hydrogens is 333 g/mol. The molecule has 0 aliphatic heterocycles. The lowest BCUT2D eigenvalue weighted by Gasteiger charge is -2.17. The van der Waals surface area contributed by atoms with Crippen molar-refractivity contribution in [1.82, 2.24) is 0 Å². The van der Waals surface area contributed by atoms with Crippen molar-refractivity contribution in [3.8, 4) is 0 Å². The highest BCUT2D eigenvalue weighted by molar-refractivity contribution is 6.67. The van der Waals surface area contributed by atoms with Gasteiger partial charge in [-0.15, -0.1) is 0 Å². The molecule has 0 aromatic heterocycles. The fourth-order valence-electron chi connectivity index (χ4n) is 1.06. The fraction of sp³-hybridized carbons (Fsp3) is 0.250. The summed E-state index contributed by atoms with van der Waals surface area (Å²) in [4.78, 5) is 0. The third kappa shape index (κ3) is 3.08. The summed E-state index contributed by atoms with van der Waals surface area (Å²) in [5, 5.41) is -0.823. The summed E-state index contributed by atoms with van der Waals surface area (Å²) in [6.45, 7) is 0. The Hall–Kier alpha value is 0.0300. The fourth-order valence-corrected chi connectivity index (χ4v) is 2.09. The van der Waals surface area contributed by atoms with E-state index >= 15 is 0 Å². The molecule has 0 heterocycles. The predicted octanol–water partition coefficient (Wildman–Crippen LogP) is 5.46. The van der Waals surface area contributed by atoms with Crippen LogP contribution in [0.2, 0.25) is 5.02 Å². The van der Waals surface area contributed by atoms with E-state index < -0.39 is 37.8 Å². The van der Waals surface area contributed by atoms with E-state index in [1.807, 2.05) is 0 Å². The Morgan fingerprint density at radius 3 is 1.76 bits per heavy atom. The minimum Gasteiger partial charge on any atom is -0.203 e. The predicted molar refractivity (Wildman–Crippen MR) is 55.6 cm³/mol. The van der Waals surface area contributed by atoms with Crippen LogP contribution in [0, 0.1) is 11.6 Å². The molecule has 0 aliphatic carbocycles. The molecular formula is C8HCl4F5. The molecule has 0 aliphatic rings. The summed E-state index contributed by atoms with van der Waals surface area (Å²) in [5.41, 5.74) is -2.83. The average Bonchev–Trinajstić information content (AvgIpc) is 2.07. The molecule has 0 nitrogen and oxygen atoms in total. The molecule has 96 valence electrons. The number of hydrogen-bond donors (Lipinski definition) is 0. The Balaban J connectivity index is 3.60. The minimum atomic E-state index is -5.10. The Morgan fingerprint density at radius 1 is 0.941 bits per heavy atom. The van der Waals surface area contributed by atoms with E-state index in [2.05, 4.69) is 0 Å². The zero-order valence-electron chi connectivity index (χ0n) is 7.48. The van der Waals surface area contributed by atoms with Crippen molar-refractivity contribution in [3.63, 3.8) is 0 Å². The minimum absolute atomic E-state index is 0.164. The second kappa shape index (κ2) is 4.61. The van der Waals surface area contributed by atoms with Gasteiger partial charge in [0.25, 0.3) is 0 Å². The molecule has 0 amide bonds. The standard InChI is InChI=1S/C8HCl4F5/c9-3-1-2(8(15,16)17)5(13)6(14)4(3)7(10,11)12/h1H. The maximum Gasteiger partial charge on any atom is 0.419 e. The molecule has 1 rings (SSSR count). The first kappa shape index (κ1) is 15.1. The van der Waals surface area contributed by atoms with Gasteiger partial charge in [0.15, 0.2) is 11.6 Å². The highest BCUT2D eigenvalue weighted by Crippen LogP contribution is 2.46. The van der Waals surface area contributed by atoms with E-state index in [-0.39, 0.29) is 6.07 Å². The summed E-state index contributed by atoms with van der Waals surface area (Å²) in [5.74, 6) is -4.10. The SMILES string of the molecule is Fc1c(C(F)(F)F)cc(Cl)c(C(Cl)(Cl)Cl)c1F. The van der Waals surface area contributed by atoms with Gasteiger partial charge >= 0.3 is 6.18 Å². The van der Waals surface area contributed by atoms with Crippen molar-refractivity contribution in [2.75, 3.05) is 0 Å². The zero-order chi connectivity index (χ0) is 13.6. The smallest absolute Gasteiger partial charge is 0.203 e. The molecule has 0 unspecified atom stereocenters. The largest absolute Gasteiger partial charge is 0.419 e. The van der Waals surface area contributed by atoms with Gasteiger partial charge in [-0.3, -0.25) is 0 Å². The first-order valence-electron chi connectivity index (χ1n) is 3.78. The van der Waals surface area contributed by atoms with Crippen LogP contribution >= 0.6 is 46.4 Å². The van der Waals surface area contributed by atoms with Gasteiger partial charge in [0, 0.05) is 0 Å². The van der Waals surface area contributed by atoms with E-state index in [1.165, 1.54) is 0 Å². The van der Waals surface area contributed by atoms with E-state index in [0.717, 1.165) is 0 Å². The zero-order valence-corrected chi connectivity index (χ0v) is 10.5. The van der Waals surface area contributed by atoms with Gasteiger partial charge < -0.3 is 0 Å². The average molecular weight is 334 g/mol. The van der Waals surface area contributed by atoms with E-state index in [9.17, 15) is 22.0 Å². The summed E-state index contributed by atoms with van der Waals surface area (Å²) >= 11 is 21.1. The molecule has 0 atom stereocenters. The van der Waals surface area contributed by atoms with Gasteiger partial charge in [-0.25, -0.2) is 8.78 Å². The van der Waals surface area contributed by atoms with Crippen LogP contribution in [-0.2, 0) is 9.97 Å². The van der Waals surface area contributed by atoms with Crippen molar-refractivity contribution in [2.45, 2.75) is 9.97 Å². The van der Waals surface area contributed by atoms with Crippen LogP contribution in [0.3, 0.4) is 0 Å². The van der Waals surface area contributed by atoms with Gasteiger partial charge in [0.05, 0.1) is 16.1 Å². The monoisotopic (exact) mass is 332 g/mol. The van der Waals surface area contributed by atoms with E-state index in [1.54, 1.807) is 0 Å². The quantitative estimate of drug-likeness (QED) is 0.336. The van der Waals surface area contributed by atoms with E-state index in [0.29, 0.717) is 0 Å². The van der Waals surface area contributed by atoms with Crippen LogP contribution in [0.1, 0.15) is 11.1 Å². The van der Waals surface area contributed by atoms with E-state index in [4.69, 9.17) is 46.4 Å². The van der Waals surface area contributed by atoms with Gasteiger partial charge in [-0.05, 0) is 6.07 Å². The second-order valence-corrected chi connectivity index (χ2v) is 5.59. The summed E-state index contributed by atoms with van der Waals surface area (Å²) in [7, 11) is 0. The molecule has 0 fully saturated rings. The summed E-state index contributed by atoms with van der Waals surface area (Å²) < 4.78 is 60.8.